The smallest absolute Gasteiger partial charge is 0.224 e. The second kappa shape index (κ2) is 9.54. The number of amides is 1. The van der Waals surface area contributed by atoms with E-state index < -0.39 is 9.84 Å². The van der Waals surface area contributed by atoms with Crippen LogP contribution in [0.1, 0.15) is 12.5 Å². The third-order valence-corrected chi connectivity index (χ3v) is 8.54. The van der Waals surface area contributed by atoms with Crippen LogP contribution in [0.15, 0.2) is 101 Å². The highest BCUT2D eigenvalue weighted by atomic mass is 35.5. The molecule has 0 atom stereocenters. The number of sulfone groups is 1. The Kier molecular flexibility index (Phi) is 6.43. The molecule has 0 bridgehead atoms. The largest absolute Gasteiger partial charge is 0.308 e. The van der Waals surface area contributed by atoms with Crippen molar-refractivity contribution < 1.29 is 13.2 Å². The first-order valence-electron chi connectivity index (χ1n) is 11.1. The number of benzene rings is 4. The molecular formula is C28H20Cl2N2O3S. The van der Waals surface area contributed by atoms with Gasteiger partial charge in [0.1, 0.15) is 0 Å². The van der Waals surface area contributed by atoms with E-state index in [1.165, 1.54) is 19.1 Å². The summed E-state index contributed by atoms with van der Waals surface area (Å²) < 4.78 is 27.2. The highest BCUT2D eigenvalue weighted by Gasteiger charge is 2.22. The van der Waals surface area contributed by atoms with E-state index in [0.29, 0.717) is 26.6 Å². The van der Waals surface area contributed by atoms with Gasteiger partial charge >= 0.3 is 0 Å². The minimum absolute atomic E-state index is 0.130. The molecule has 0 radical (unpaired) electrons. The lowest BCUT2D eigenvalue weighted by Crippen LogP contribution is -2.27. The lowest BCUT2D eigenvalue weighted by atomic mass is 10.1. The van der Waals surface area contributed by atoms with Crippen molar-refractivity contribution in [3.05, 3.63) is 107 Å². The Hall–Kier alpha value is -3.45. The number of rotatable bonds is 5. The molecule has 0 aliphatic carbocycles. The van der Waals surface area contributed by atoms with Crippen LogP contribution >= 0.6 is 23.2 Å². The number of fused-ring (bicyclic) bond motifs is 2. The normalized spacial score (nSPS) is 11.6. The first-order chi connectivity index (χ1) is 17.2. The van der Waals surface area contributed by atoms with Gasteiger partial charge in [0.15, 0.2) is 0 Å². The highest BCUT2D eigenvalue weighted by molar-refractivity contribution is 7.91. The van der Waals surface area contributed by atoms with E-state index in [1.807, 2.05) is 30.3 Å². The molecule has 0 N–H and O–H groups in total. The van der Waals surface area contributed by atoms with Gasteiger partial charge in [-0.2, -0.15) is 0 Å². The second-order valence-corrected chi connectivity index (χ2v) is 11.1. The lowest BCUT2D eigenvalue weighted by Gasteiger charge is -2.22. The van der Waals surface area contributed by atoms with Crippen LogP contribution in [0.5, 0.6) is 0 Å². The topological polar surface area (TPSA) is 67.3 Å². The minimum atomic E-state index is -3.84. The SMILES string of the molecule is CC(=O)N(Cc1ccc(Cl)c(Cl)c1)c1ccc(S(=O)(=O)c2cccc3nc4ccccc4cc23)cc1. The standard InChI is InChI=1S/C28H20Cl2N2O3S/c1-18(33)32(17-19-9-14-24(29)25(30)15-19)21-10-12-22(13-11-21)36(34,35)28-8-4-7-27-23(28)16-20-5-2-3-6-26(20)31-27/h2-16H,17H2,1H3. The van der Waals surface area contributed by atoms with Gasteiger partial charge in [0.2, 0.25) is 15.7 Å². The summed E-state index contributed by atoms with van der Waals surface area (Å²) in [6.45, 7) is 1.72. The van der Waals surface area contributed by atoms with Crippen LogP contribution in [0.3, 0.4) is 0 Å². The van der Waals surface area contributed by atoms with Gasteiger partial charge < -0.3 is 4.90 Å². The van der Waals surface area contributed by atoms with Gasteiger partial charge in [0, 0.05) is 23.4 Å². The van der Waals surface area contributed by atoms with E-state index in [9.17, 15) is 13.2 Å². The molecule has 4 aromatic carbocycles. The van der Waals surface area contributed by atoms with Gasteiger partial charge in [-0.15, -0.1) is 0 Å². The van der Waals surface area contributed by atoms with Crippen molar-refractivity contribution in [2.45, 2.75) is 23.3 Å². The van der Waals surface area contributed by atoms with Crippen LogP contribution < -0.4 is 4.90 Å². The molecule has 1 amide bonds. The van der Waals surface area contributed by atoms with Crippen molar-refractivity contribution >= 4 is 66.4 Å². The number of carbonyl (C=O) groups excluding carboxylic acids is 1. The zero-order valence-corrected chi connectivity index (χ0v) is 21.5. The Morgan fingerprint density at radius 2 is 1.56 bits per heavy atom. The number of halogens is 2. The predicted molar refractivity (Wildman–Crippen MR) is 144 cm³/mol. The summed E-state index contributed by atoms with van der Waals surface area (Å²) in [6, 6.07) is 26.0. The van der Waals surface area contributed by atoms with Crippen LogP contribution in [0, 0.1) is 0 Å². The quantitative estimate of drug-likeness (QED) is 0.226. The molecule has 8 heteroatoms. The third kappa shape index (κ3) is 4.55. The first-order valence-corrected chi connectivity index (χ1v) is 13.3. The number of carbonyl (C=O) groups is 1. The summed E-state index contributed by atoms with van der Waals surface area (Å²) in [5.74, 6) is -0.191. The van der Waals surface area contributed by atoms with Crippen LogP contribution in [0.2, 0.25) is 10.0 Å². The van der Waals surface area contributed by atoms with Crippen molar-refractivity contribution in [3.63, 3.8) is 0 Å². The van der Waals surface area contributed by atoms with Crippen molar-refractivity contribution in [2.75, 3.05) is 4.90 Å². The molecular weight excluding hydrogens is 515 g/mol. The molecule has 0 spiro atoms. The van der Waals surface area contributed by atoms with Crippen LogP contribution in [-0.2, 0) is 21.2 Å². The summed E-state index contributed by atoms with van der Waals surface area (Å²) in [5, 5.41) is 2.25. The van der Waals surface area contributed by atoms with Gasteiger partial charge in [0.05, 0.1) is 37.4 Å². The summed E-state index contributed by atoms with van der Waals surface area (Å²) >= 11 is 12.1. The summed E-state index contributed by atoms with van der Waals surface area (Å²) in [4.78, 5) is 18.9. The highest BCUT2D eigenvalue weighted by Crippen LogP contribution is 2.31. The average molecular weight is 535 g/mol. The Balaban J connectivity index is 1.51. The zero-order chi connectivity index (χ0) is 25.4. The monoisotopic (exact) mass is 534 g/mol. The maximum Gasteiger partial charge on any atom is 0.224 e. The maximum atomic E-state index is 13.6. The fourth-order valence-corrected chi connectivity index (χ4v) is 5.92. The van der Waals surface area contributed by atoms with Gasteiger partial charge in [-0.1, -0.05) is 53.5 Å². The van der Waals surface area contributed by atoms with Crippen molar-refractivity contribution in [3.8, 4) is 0 Å². The van der Waals surface area contributed by atoms with E-state index in [2.05, 4.69) is 4.98 Å². The molecule has 1 aromatic heterocycles. The Morgan fingerprint density at radius 1 is 0.833 bits per heavy atom. The van der Waals surface area contributed by atoms with Gasteiger partial charge in [-0.05, 0) is 66.2 Å². The molecule has 5 aromatic rings. The molecule has 0 aliphatic heterocycles. The minimum Gasteiger partial charge on any atom is -0.308 e. The predicted octanol–water partition coefficient (Wildman–Crippen LogP) is 7.08. The number of nitrogens with zero attached hydrogens (tertiary/aromatic N) is 2. The van der Waals surface area contributed by atoms with Crippen molar-refractivity contribution in [2.24, 2.45) is 0 Å². The molecule has 0 unspecified atom stereocenters. The van der Waals surface area contributed by atoms with E-state index in [0.717, 1.165) is 16.5 Å². The molecule has 0 saturated carbocycles. The number of hydrogen-bond donors (Lipinski definition) is 0. The van der Waals surface area contributed by atoms with Gasteiger partial charge in [-0.25, -0.2) is 13.4 Å². The molecule has 180 valence electrons. The number of pyridine rings is 1. The third-order valence-electron chi connectivity index (χ3n) is 5.97. The van der Waals surface area contributed by atoms with Crippen molar-refractivity contribution in [1.82, 2.24) is 4.98 Å². The number of anilines is 1. The lowest BCUT2D eigenvalue weighted by molar-refractivity contribution is -0.116. The average Bonchev–Trinajstić information content (AvgIpc) is 2.87. The number of aromatic nitrogens is 1. The summed E-state index contributed by atoms with van der Waals surface area (Å²) in [6.07, 6.45) is 0. The molecule has 0 fully saturated rings. The van der Waals surface area contributed by atoms with Crippen LogP contribution in [-0.4, -0.2) is 19.3 Å². The van der Waals surface area contributed by atoms with Crippen LogP contribution in [0.4, 0.5) is 5.69 Å². The van der Waals surface area contributed by atoms with Gasteiger partial charge in [-0.3, -0.25) is 4.79 Å². The maximum absolute atomic E-state index is 13.6. The van der Waals surface area contributed by atoms with E-state index in [1.54, 1.807) is 53.4 Å². The number of para-hydroxylation sites is 1. The molecule has 5 nitrogen and oxygen atoms in total. The van der Waals surface area contributed by atoms with Gasteiger partial charge in [0.25, 0.3) is 0 Å². The van der Waals surface area contributed by atoms with E-state index in [4.69, 9.17) is 23.2 Å². The van der Waals surface area contributed by atoms with E-state index >= 15 is 0 Å². The molecule has 36 heavy (non-hydrogen) atoms. The summed E-state index contributed by atoms with van der Waals surface area (Å²) in [7, 11) is -3.84. The van der Waals surface area contributed by atoms with Crippen molar-refractivity contribution in [1.29, 1.82) is 0 Å². The Labute approximate surface area is 218 Å². The summed E-state index contributed by atoms with van der Waals surface area (Å²) in [5.41, 5.74) is 2.77. The molecule has 0 aliphatic rings. The zero-order valence-electron chi connectivity index (χ0n) is 19.2. The molecule has 5 rings (SSSR count). The second-order valence-electron chi connectivity index (χ2n) is 8.35. The fourth-order valence-electron chi connectivity index (χ4n) is 4.14. The fraction of sp³-hybridized carbons (Fsp3) is 0.0714. The van der Waals surface area contributed by atoms with Crippen LogP contribution in [0.25, 0.3) is 21.8 Å². The number of hydrogen-bond acceptors (Lipinski definition) is 4. The Morgan fingerprint density at radius 3 is 2.28 bits per heavy atom. The Bertz CT molecular complexity index is 1740. The first kappa shape index (κ1) is 24.3. The molecule has 1 heterocycles. The molecule has 0 saturated heterocycles. The van der Waals surface area contributed by atoms with E-state index in [-0.39, 0.29) is 22.2 Å².